The lowest BCUT2D eigenvalue weighted by molar-refractivity contribution is 0.275. The monoisotopic (exact) mass is 314 g/mol. The minimum Gasteiger partial charge on any atom is -0.507 e. The van der Waals surface area contributed by atoms with Crippen LogP contribution >= 0.6 is 0 Å². The zero-order valence-corrected chi connectivity index (χ0v) is 13.1. The fourth-order valence-corrected chi connectivity index (χ4v) is 3.65. The molecule has 118 valence electrons. The summed E-state index contributed by atoms with van der Waals surface area (Å²) >= 11 is 0. The van der Waals surface area contributed by atoms with E-state index in [-0.39, 0.29) is 23.6 Å². The van der Waals surface area contributed by atoms with Crippen LogP contribution in [0.15, 0.2) is 18.2 Å². The number of rotatable bonds is 4. The molecule has 1 aromatic rings. The van der Waals surface area contributed by atoms with Gasteiger partial charge in [0.25, 0.3) is 0 Å². The highest BCUT2D eigenvalue weighted by atomic mass is 32.2. The number of nitrogens with zero attached hydrogens (tertiary/aromatic N) is 1. The van der Waals surface area contributed by atoms with Crippen LogP contribution in [0, 0.1) is 0 Å². The van der Waals surface area contributed by atoms with Crippen molar-refractivity contribution in [2.45, 2.75) is 31.8 Å². The second kappa shape index (κ2) is 6.21. The van der Waals surface area contributed by atoms with Crippen LogP contribution in [0.4, 0.5) is 0 Å². The van der Waals surface area contributed by atoms with Crippen molar-refractivity contribution in [2.75, 3.05) is 19.3 Å². The van der Waals surface area contributed by atoms with E-state index in [1.165, 1.54) is 10.6 Å². The number of hydrogen-bond donors (Lipinski definition) is 3. The maximum absolute atomic E-state index is 11.5. The first kappa shape index (κ1) is 16.1. The van der Waals surface area contributed by atoms with E-state index in [9.17, 15) is 18.6 Å². The van der Waals surface area contributed by atoms with E-state index in [0.717, 1.165) is 0 Å². The van der Waals surface area contributed by atoms with Crippen molar-refractivity contribution in [1.29, 1.82) is 0 Å². The number of phenols is 2. The molecule has 0 saturated carbocycles. The number of aromatic hydroxyl groups is 2. The van der Waals surface area contributed by atoms with Crippen molar-refractivity contribution < 1.29 is 18.6 Å². The van der Waals surface area contributed by atoms with Gasteiger partial charge in [0.1, 0.15) is 11.5 Å². The van der Waals surface area contributed by atoms with Crippen LogP contribution in [0.1, 0.15) is 31.4 Å². The van der Waals surface area contributed by atoms with Crippen molar-refractivity contribution in [3.05, 3.63) is 23.8 Å². The number of benzene rings is 1. The third kappa shape index (κ3) is 3.87. The number of phenolic OH excluding ortho intramolecular Hbond substituents is 2. The molecule has 0 spiro atoms. The molecule has 1 fully saturated rings. The number of nitrogens with one attached hydrogen (secondary N) is 1. The van der Waals surface area contributed by atoms with Gasteiger partial charge in [-0.15, -0.1) is 0 Å². The highest BCUT2D eigenvalue weighted by Crippen LogP contribution is 2.32. The summed E-state index contributed by atoms with van der Waals surface area (Å²) in [7, 11) is -3.12. The second-order valence-corrected chi connectivity index (χ2v) is 7.52. The molecule has 3 N–H and O–H groups in total. The van der Waals surface area contributed by atoms with Crippen LogP contribution in [0.25, 0.3) is 0 Å². The predicted octanol–water partition coefficient (Wildman–Crippen LogP) is 1.17. The summed E-state index contributed by atoms with van der Waals surface area (Å²) in [4.78, 5) is 0. The molecule has 2 rings (SSSR count). The van der Waals surface area contributed by atoms with E-state index < -0.39 is 10.0 Å². The number of piperidine rings is 1. The standard InChI is InChI=1S/C14H22N2O4S/c1-10(14-12(17)4-3-5-13(14)18)15-11-6-8-16(9-7-11)21(2,19)20/h3-5,10-11,15,17-18H,6-9H2,1-2H3. The first-order valence-corrected chi connectivity index (χ1v) is 8.86. The van der Waals surface area contributed by atoms with Crippen molar-refractivity contribution >= 4 is 10.0 Å². The minimum absolute atomic E-state index is 0.0589. The van der Waals surface area contributed by atoms with Crippen LogP contribution in [0.3, 0.4) is 0 Å². The molecule has 21 heavy (non-hydrogen) atoms. The molecular weight excluding hydrogens is 292 g/mol. The van der Waals surface area contributed by atoms with E-state index in [1.807, 2.05) is 6.92 Å². The fourth-order valence-electron chi connectivity index (χ4n) is 2.78. The quantitative estimate of drug-likeness (QED) is 0.776. The fraction of sp³-hybridized carbons (Fsp3) is 0.571. The summed E-state index contributed by atoms with van der Waals surface area (Å²) in [5, 5.41) is 23.1. The van der Waals surface area contributed by atoms with Gasteiger partial charge in [0, 0.05) is 25.2 Å². The van der Waals surface area contributed by atoms with E-state index >= 15 is 0 Å². The Morgan fingerprint density at radius 2 is 1.76 bits per heavy atom. The van der Waals surface area contributed by atoms with Gasteiger partial charge < -0.3 is 15.5 Å². The van der Waals surface area contributed by atoms with Crippen LogP contribution in [0.5, 0.6) is 11.5 Å². The average Bonchev–Trinajstić information content (AvgIpc) is 2.38. The normalized spacial score (nSPS) is 19.5. The first-order chi connectivity index (χ1) is 9.79. The van der Waals surface area contributed by atoms with Crippen LogP contribution in [-0.2, 0) is 10.0 Å². The molecule has 7 heteroatoms. The summed E-state index contributed by atoms with van der Waals surface area (Å²) in [5.41, 5.74) is 0.475. The Labute approximate surface area is 125 Å². The van der Waals surface area contributed by atoms with Crippen LogP contribution < -0.4 is 5.32 Å². The predicted molar refractivity (Wildman–Crippen MR) is 80.8 cm³/mol. The first-order valence-electron chi connectivity index (χ1n) is 7.01. The zero-order chi connectivity index (χ0) is 15.6. The lowest BCUT2D eigenvalue weighted by Gasteiger charge is -2.32. The van der Waals surface area contributed by atoms with Crippen LogP contribution in [-0.4, -0.2) is 48.3 Å². The van der Waals surface area contributed by atoms with Gasteiger partial charge in [-0.05, 0) is 31.9 Å². The van der Waals surface area contributed by atoms with Crippen molar-refractivity contribution in [1.82, 2.24) is 9.62 Å². The summed E-state index contributed by atoms with van der Waals surface area (Å²) in [6, 6.07) is 4.63. The largest absolute Gasteiger partial charge is 0.507 e. The molecule has 0 aliphatic carbocycles. The molecule has 1 aliphatic rings. The van der Waals surface area contributed by atoms with Gasteiger partial charge in [-0.1, -0.05) is 6.07 Å². The molecule has 1 aliphatic heterocycles. The highest BCUT2D eigenvalue weighted by molar-refractivity contribution is 7.88. The SMILES string of the molecule is CC(NC1CCN(S(C)(=O)=O)CC1)c1c(O)cccc1O. The Morgan fingerprint density at radius 1 is 1.24 bits per heavy atom. The van der Waals surface area contributed by atoms with Gasteiger partial charge >= 0.3 is 0 Å². The average molecular weight is 314 g/mol. The topological polar surface area (TPSA) is 89.9 Å². The summed E-state index contributed by atoms with van der Waals surface area (Å²) in [6.07, 6.45) is 2.65. The van der Waals surface area contributed by atoms with Crippen LogP contribution in [0.2, 0.25) is 0 Å². The summed E-state index contributed by atoms with van der Waals surface area (Å²) < 4.78 is 24.4. The molecule has 0 amide bonds. The van der Waals surface area contributed by atoms with Crippen molar-refractivity contribution in [3.63, 3.8) is 0 Å². The van der Waals surface area contributed by atoms with Gasteiger partial charge in [-0.3, -0.25) is 0 Å². The number of hydrogen-bond acceptors (Lipinski definition) is 5. The Bertz CT molecular complexity index is 575. The molecule has 0 aromatic heterocycles. The molecular formula is C14H22N2O4S. The van der Waals surface area contributed by atoms with E-state index in [0.29, 0.717) is 31.5 Å². The van der Waals surface area contributed by atoms with Crippen molar-refractivity contribution in [2.24, 2.45) is 0 Å². The van der Waals surface area contributed by atoms with Gasteiger partial charge in [0.15, 0.2) is 0 Å². The molecule has 6 nitrogen and oxygen atoms in total. The molecule has 1 saturated heterocycles. The zero-order valence-electron chi connectivity index (χ0n) is 12.3. The molecule has 1 heterocycles. The molecule has 1 atom stereocenters. The van der Waals surface area contributed by atoms with Crippen molar-refractivity contribution in [3.8, 4) is 11.5 Å². The third-order valence-corrected chi connectivity index (χ3v) is 5.20. The third-order valence-electron chi connectivity index (χ3n) is 3.90. The van der Waals surface area contributed by atoms with Gasteiger partial charge in [-0.25, -0.2) is 12.7 Å². The minimum atomic E-state index is -3.12. The van der Waals surface area contributed by atoms with E-state index in [1.54, 1.807) is 18.2 Å². The highest BCUT2D eigenvalue weighted by Gasteiger charge is 2.26. The lowest BCUT2D eigenvalue weighted by atomic mass is 10.0. The Balaban J connectivity index is 1.98. The number of sulfonamides is 1. The van der Waals surface area contributed by atoms with Gasteiger partial charge in [-0.2, -0.15) is 0 Å². The van der Waals surface area contributed by atoms with Gasteiger partial charge in [0.2, 0.25) is 10.0 Å². The Morgan fingerprint density at radius 3 is 2.24 bits per heavy atom. The maximum Gasteiger partial charge on any atom is 0.211 e. The van der Waals surface area contributed by atoms with E-state index in [4.69, 9.17) is 0 Å². The summed E-state index contributed by atoms with van der Waals surface area (Å²) in [5.74, 6) is 0.118. The second-order valence-electron chi connectivity index (χ2n) is 5.53. The van der Waals surface area contributed by atoms with Gasteiger partial charge in [0.05, 0.1) is 11.8 Å². The summed E-state index contributed by atoms with van der Waals surface area (Å²) in [6.45, 7) is 2.86. The molecule has 0 bridgehead atoms. The van der Waals surface area contributed by atoms with E-state index in [2.05, 4.69) is 5.32 Å². The lowest BCUT2D eigenvalue weighted by Crippen LogP contribution is -2.45. The maximum atomic E-state index is 11.5. The Kier molecular flexibility index (Phi) is 4.75. The molecule has 0 radical (unpaired) electrons. The molecule has 1 unspecified atom stereocenters. The Hall–Kier alpha value is -1.31. The molecule has 1 aromatic carbocycles. The smallest absolute Gasteiger partial charge is 0.211 e.